The fourth-order valence-electron chi connectivity index (χ4n) is 4.62. The normalized spacial score (nSPS) is 15.6. The summed E-state index contributed by atoms with van der Waals surface area (Å²) in [4.78, 5) is 27.2. The first-order chi connectivity index (χ1) is 17.4. The number of fused-ring (bicyclic) bond motifs is 1. The SMILES string of the molecule is CCOC(=O)C1CCN(CC(O)COc2ccc3c(=O)c(-c4ccc(OC)cc4)c(C)oc3c2)CC1. The number of aryl methyl sites for hydroxylation is 1. The lowest BCUT2D eigenvalue weighted by Crippen LogP contribution is -2.42. The van der Waals surface area contributed by atoms with Crippen LogP contribution in [-0.4, -0.2) is 62.0 Å². The molecule has 1 atom stereocenters. The van der Waals surface area contributed by atoms with E-state index in [0.717, 1.165) is 31.5 Å². The minimum atomic E-state index is -0.689. The highest BCUT2D eigenvalue weighted by Crippen LogP contribution is 2.28. The lowest BCUT2D eigenvalue weighted by molar-refractivity contribution is -0.149. The summed E-state index contributed by atoms with van der Waals surface area (Å²) in [5, 5.41) is 10.9. The molecule has 0 radical (unpaired) electrons. The van der Waals surface area contributed by atoms with Crippen LogP contribution < -0.4 is 14.9 Å². The van der Waals surface area contributed by atoms with Crippen molar-refractivity contribution in [2.45, 2.75) is 32.8 Å². The summed E-state index contributed by atoms with van der Waals surface area (Å²) in [6, 6.07) is 12.4. The van der Waals surface area contributed by atoms with Gasteiger partial charge < -0.3 is 28.6 Å². The number of β-amino-alcohol motifs (C(OH)–C–C–N with tert-alkyl or cyclic N) is 1. The predicted molar refractivity (Wildman–Crippen MR) is 137 cm³/mol. The second-order valence-electron chi connectivity index (χ2n) is 9.04. The number of esters is 1. The van der Waals surface area contributed by atoms with Crippen molar-refractivity contribution in [1.29, 1.82) is 0 Å². The van der Waals surface area contributed by atoms with Gasteiger partial charge in [-0.05, 0) is 69.6 Å². The molecule has 4 rings (SSSR count). The Kier molecular flexibility index (Phi) is 8.28. The quantitative estimate of drug-likeness (QED) is 0.448. The first-order valence-corrected chi connectivity index (χ1v) is 12.3. The maximum atomic E-state index is 13.2. The third kappa shape index (κ3) is 5.88. The number of piperidine rings is 1. The number of nitrogens with zero attached hydrogens (tertiary/aromatic N) is 1. The van der Waals surface area contributed by atoms with E-state index in [2.05, 4.69) is 4.90 Å². The molecule has 0 spiro atoms. The molecule has 0 amide bonds. The molecule has 2 aromatic carbocycles. The summed E-state index contributed by atoms with van der Waals surface area (Å²) in [5.74, 6) is 1.56. The summed E-state index contributed by atoms with van der Waals surface area (Å²) in [6.07, 6.45) is 0.771. The van der Waals surface area contributed by atoms with Gasteiger partial charge in [-0.15, -0.1) is 0 Å². The maximum absolute atomic E-state index is 13.2. The molecule has 1 aliphatic rings. The number of ether oxygens (including phenoxy) is 3. The van der Waals surface area contributed by atoms with Crippen LogP contribution in [0.5, 0.6) is 11.5 Å². The Hall–Kier alpha value is -3.36. The van der Waals surface area contributed by atoms with E-state index in [1.54, 1.807) is 32.2 Å². The molecule has 1 saturated heterocycles. The molecule has 0 aliphatic carbocycles. The highest BCUT2D eigenvalue weighted by Gasteiger charge is 2.27. The van der Waals surface area contributed by atoms with Gasteiger partial charge in [-0.1, -0.05) is 12.1 Å². The Morgan fingerprint density at radius 2 is 1.83 bits per heavy atom. The summed E-state index contributed by atoms with van der Waals surface area (Å²) in [6.45, 7) is 6.01. The van der Waals surface area contributed by atoms with Crippen LogP contribution in [0.3, 0.4) is 0 Å². The van der Waals surface area contributed by atoms with Crippen molar-refractivity contribution in [3.63, 3.8) is 0 Å². The van der Waals surface area contributed by atoms with Crippen LogP contribution >= 0.6 is 0 Å². The molecule has 0 bridgehead atoms. The van der Waals surface area contributed by atoms with E-state index in [0.29, 0.717) is 46.9 Å². The van der Waals surface area contributed by atoms with E-state index in [-0.39, 0.29) is 23.9 Å². The van der Waals surface area contributed by atoms with E-state index in [9.17, 15) is 14.7 Å². The fraction of sp³-hybridized carbons (Fsp3) is 0.429. The van der Waals surface area contributed by atoms with Gasteiger partial charge in [-0.2, -0.15) is 0 Å². The van der Waals surface area contributed by atoms with Gasteiger partial charge in [-0.25, -0.2) is 0 Å². The van der Waals surface area contributed by atoms with Gasteiger partial charge in [0.25, 0.3) is 0 Å². The predicted octanol–water partition coefficient (Wildman–Crippen LogP) is 3.79. The van der Waals surface area contributed by atoms with E-state index in [1.165, 1.54) is 0 Å². The fourth-order valence-corrected chi connectivity index (χ4v) is 4.62. The first kappa shape index (κ1) is 25.7. The zero-order valence-electron chi connectivity index (χ0n) is 21.0. The van der Waals surface area contributed by atoms with Gasteiger partial charge in [0, 0.05) is 12.6 Å². The maximum Gasteiger partial charge on any atom is 0.309 e. The Morgan fingerprint density at radius 3 is 2.50 bits per heavy atom. The second-order valence-corrected chi connectivity index (χ2v) is 9.04. The molecule has 2 heterocycles. The lowest BCUT2D eigenvalue weighted by atomic mass is 9.97. The first-order valence-electron chi connectivity index (χ1n) is 12.3. The number of likely N-dealkylation sites (tertiary alicyclic amines) is 1. The topological polar surface area (TPSA) is 98.4 Å². The number of hydrogen-bond acceptors (Lipinski definition) is 8. The van der Waals surface area contributed by atoms with Crippen LogP contribution in [-0.2, 0) is 9.53 Å². The summed E-state index contributed by atoms with van der Waals surface area (Å²) < 4.78 is 22.1. The number of methoxy groups -OCH3 is 1. The highest BCUT2D eigenvalue weighted by molar-refractivity contribution is 5.83. The summed E-state index contributed by atoms with van der Waals surface area (Å²) in [7, 11) is 1.60. The van der Waals surface area contributed by atoms with Crippen molar-refractivity contribution >= 4 is 16.9 Å². The molecule has 36 heavy (non-hydrogen) atoms. The van der Waals surface area contributed by atoms with Gasteiger partial charge in [0.05, 0.1) is 30.6 Å². The summed E-state index contributed by atoms with van der Waals surface area (Å²) >= 11 is 0. The van der Waals surface area contributed by atoms with E-state index in [4.69, 9.17) is 18.6 Å². The highest BCUT2D eigenvalue weighted by atomic mass is 16.5. The monoisotopic (exact) mass is 495 g/mol. The van der Waals surface area contributed by atoms with Crippen LogP contribution in [0.1, 0.15) is 25.5 Å². The van der Waals surface area contributed by atoms with Crippen LogP contribution in [0.2, 0.25) is 0 Å². The van der Waals surface area contributed by atoms with Gasteiger partial charge in [-0.3, -0.25) is 9.59 Å². The number of rotatable bonds is 9. The average molecular weight is 496 g/mol. The third-order valence-electron chi connectivity index (χ3n) is 6.54. The van der Waals surface area contributed by atoms with Crippen molar-refractivity contribution in [2.75, 3.05) is 40.0 Å². The van der Waals surface area contributed by atoms with E-state index in [1.807, 2.05) is 31.2 Å². The zero-order chi connectivity index (χ0) is 25.7. The molecule has 192 valence electrons. The molecular formula is C28H33NO7. The number of aliphatic hydroxyl groups is 1. The largest absolute Gasteiger partial charge is 0.497 e. The molecular weight excluding hydrogens is 462 g/mol. The standard InChI is InChI=1S/C28H33NO7/c1-4-34-28(32)20-11-13-29(14-12-20)16-21(30)17-35-23-9-10-24-25(15-23)36-18(2)26(27(24)31)19-5-7-22(33-3)8-6-19/h5-10,15,20-21,30H,4,11-14,16-17H2,1-3H3. The van der Waals surface area contributed by atoms with Crippen LogP contribution in [0, 0.1) is 12.8 Å². The minimum absolute atomic E-state index is 0.0597. The minimum Gasteiger partial charge on any atom is -0.497 e. The zero-order valence-corrected chi connectivity index (χ0v) is 21.0. The molecule has 1 fully saturated rings. The van der Waals surface area contributed by atoms with Gasteiger partial charge in [0.1, 0.15) is 35.6 Å². The van der Waals surface area contributed by atoms with E-state index < -0.39 is 6.10 Å². The van der Waals surface area contributed by atoms with Crippen molar-refractivity contribution < 1.29 is 28.5 Å². The van der Waals surface area contributed by atoms with Crippen LogP contribution in [0.4, 0.5) is 0 Å². The molecule has 1 N–H and O–H groups in total. The van der Waals surface area contributed by atoms with E-state index >= 15 is 0 Å². The number of hydrogen-bond donors (Lipinski definition) is 1. The number of benzene rings is 2. The van der Waals surface area contributed by atoms with Crippen molar-refractivity contribution in [3.05, 3.63) is 58.4 Å². The molecule has 8 nitrogen and oxygen atoms in total. The summed E-state index contributed by atoms with van der Waals surface area (Å²) in [5.41, 5.74) is 1.60. The smallest absolute Gasteiger partial charge is 0.309 e. The van der Waals surface area contributed by atoms with Crippen molar-refractivity contribution in [3.8, 4) is 22.6 Å². The lowest BCUT2D eigenvalue weighted by Gasteiger charge is -2.32. The Morgan fingerprint density at radius 1 is 1.14 bits per heavy atom. The van der Waals surface area contributed by atoms with Gasteiger partial charge >= 0.3 is 5.97 Å². The van der Waals surface area contributed by atoms with Crippen LogP contribution in [0.25, 0.3) is 22.1 Å². The molecule has 1 aliphatic heterocycles. The number of carbonyl (C=O) groups excluding carboxylic acids is 1. The van der Waals surface area contributed by atoms with Gasteiger partial charge in [0.15, 0.2) is 0 Å². The number of carbonyl (C=O) groups is 1. The molecule has 8 heteroatoms. The number of aliphatic hydroxyl groups excluding tert-OH is 1. The average Bonchev–Trinajstić information content (AvgIpc) is 2.88. The third-order valence-corrected chi connectivity index (χ3v) is 6.54. The van der Waals surface area contributed by atoms with Crippen molar-refractivity contribution in [2.24, 2.45) is 5.92 Å². The van der Waals surface area contributed by atoms with Crippen molar-refractivity contribution in [1.82, 2.24) is 4.90 Å². The molecule has 0 saturated carbocycles. The Balaban J connectivity index is 1.37. The molecule has 1 unspecified atom stereocenters. The Labute approximate surface area is 210 Å². The Bertz CT molecular complexity index is 1240. The van der Waals surface area contributed by atoms with Crippen LogP contribution in [0.15, 0.2) is 51.7 Å². The molecule has 1 aromatic heterocycles. The van der Waals surface area contributed by atoms with Gasteiger partial charge in [0.2, 0.25) is 5.43 Å². The second kappa shape index (κ2) is 11.6. The molecule has 3 aromatic rings.